The minimum atomic E-state index is -3.94. The number of nitrogens with zero attached hydrogens (tertiary/aromatic N) is 1. The van der Waals surface area contributed by atoms with E-state index in [1.165, 1.54) is 30.8 Å². The fraction of sp³-hybridized carbons (Fsp3) is 0.375. The summed E-state index contributed by atoms with van der Waals surface area (Å²) in [5.41, 5.74) is 3.35. The van der Waals surface area contributed by atoms with Gasteiger partial charge in [-0.2, -0.15) is 5.26 Å². The second-order valence-corrected chi connectivity index (χ2v) is 9.56. The standard InChI is InChI=1S/C24H28FN3O2S/c1-3-18(15-26)10-12-22(17(2)25)28-31(29,30)24-16-27-23-14-20(9-11-21(23)24)13-19-7-5-4-6-8-19/h4-8,10,12,16-17,20,27-28H,3,9,11,13-14H2,1-2H3/b18-10+,22-12+. The number of rotatable bonds is 8. The molecule has 1 heterocycles. The van der Waals surface area contributed by atoms with E-state index < -0.39 is 16.2 Å². The molecule has 0 radical (unpaired) electrons. The van der Waals surface area contributed by atoms with E-state index in [0.717, 1.165) is 30.5 Å². The molecule has 1 aliphatic rings. The first-order valence-electron chi connectivity index (χ1n) is 10.5. The Morgan fingerprint density at radius 3 is 2.74 bits per heavy atom. The van der Waals surface area contributed by atoms with E-state index in [-0.39, 0.29) is 10.6 Å². The number of allylic oxidation sites excluding steroid dienone is 4. The highest BCUT2D eigenvalue weighted by Gasteiger charge is 2.29. The summed E-state index contributed by atoms with van der Waals surface area (Å²) in [6, 6.07) is 12.3. The van der Waals surface area contributed by atoms with Gasteiger partial charge >= 0.3 is 0 Å². The summed E-state index contributed by atoms with van der Waals surface area (Å²) in [7, 11) is -3.94. The van der Waals surface area contributed by atoms with Crippen LogP contribution in [0.2, 0.25) is 0 Å². The smallest absolute Gasteiger partial charge is 0.263 e. The second-order valence-electron chi connectivity index (χ2n) is 7.91. The summed E-state index contributed by atoms with van der Waals surface area (Å²) in [5.74, 6) is 0.446. The Bertz CT molecular complexity index is 1110. The van der Waals surface area contributed by atoms with Gasteiger partial charge in [0, 0.05) is 17.5 Å². The Hall–Kier alpha value is -2.85. The zero-order chi connectivity index (χ0) is 22.4. The van der Waals surface area contributed by atoms with Crippen LogP contribution in [0.4, 0.5) is 4.39 Å². The van der Waals surface area contributed by atoms with E-state index in [1.54, 1.807) is 0 Å². The van der Waals surface area contributed by atoms with Crippen molar-refractivity contribution < 1.29 is 12.8 Å². The van der Waals surface area contributed by atoms with Crippen molar-refractivity contribution in [2.75, 3.05) is 0 Å². The lowest BCUT2D eigenvalue weighted by molar-refractivity contribution is 0.401. The number of nitrogens with one attached hydrogen (secondary N) is 2. The van der Waals surface area contributed by atoms with Gasteiger partial charge in [0.25, 0.3) is 10.0 Å². The monoisotopic (exact) mass is 441 g/mol. The average molecular weight is 442 g/mol. The number of halogens is 1. The first kappa shape index (κ1) is 22.8. The van der Waals surface area contributed by atoms with Crippen molar-refractivity contribution in [3.8, 4) is 6.07 Å². The van der Waals surface area contributed by atoms with Crippen molar-refractivity contribution in [2.24, 2.45) is 5.92 Å². The van der Waals surface area contributed by atoms with Crippen molar-refractivity contribution in [1.29, 1.82) is 5.26 Å². The van der Waals surface area contributed by atoms with Gasteiger partial charge in [0.1, 0.15) is 11.1 Å². The van der Waals surface area contributed by atoms with Gasteiger partial charge in [-0.05, 0) is 68.2 Å². The largest absolute Gasteiger partial charge is 0.363 e. The van der Waals surface area contributed by atoms with E-state index in [4.69, 9.17) is 5.26 Å². The van der Waals surface area contributed by atoms with Gasteiger partial charge in [0.2, 0.25) is 0 Å². The Morgan fingerprint density at radius 2 is 2.10 bits per heavy atom. The Kier molecular flexibility index (Phi) is 7.34. The Morgan fingerprint density at radius 1 is 1.35 bits per heavy atom. The topological polar surface area (TPSA) is 85.8 Å². The van der Waals surface area contributed by atoms with Crippen molar-refractivity contribution in [2.45, 2.75) is 57.0 Å². The van der Waals surface area contributed by atoms with Crippen LogP contribution in [0.3, 0.4) is 0 Å². The fourth-order valence-corrected chi connectivity index (χ4v) is 5.33. The molecule has 1 aliphatic carbocycles. The lowest BCUT2D eigenvalue weighted by atomic mass is 9.84. The van der Waals surface area contributed by atoms with Crippen LogP contribution in [-0.2, 0) is 29.3 Å². The molecule has 0 fully saturated rings. The number of nitriles is 1. The molecule has 2 unspecified atom stereocenters. The number of sulfonamides is 1. The number of hydrogen-bond donors (Lipinski definition) is 2. The van der Waals surface area contributed by atoms with Crippen LogP contribution >= 0.6 is 0 Å². The Balaban J connectivity index is 1.78. The molecule has 2 N–H and O–H groups in total. The van der Waals surface area contributed by atoms with Crippen molar-refractivity contribution in [3.05, 3.63) is 76.8 Å². The minimum Gasteiger partial charge on any atom is -0.363 e. The normalized spacial score (nSPS) is 18.2. The summed E-state index contributed by atoms with van der Waals surface area (Å²) in [5, 5.41) is 9.02. The molecule has 2 aromatic rings. The van der Waals surface area contributed by atoms with Gasteiger partial charge in [-0.15, -0.1) is 0 Å². The van der Waals surface area contributed by atoms with Crippen molar-refractivity contribution >= 4 is 10.0 Å². The first-order chi connectivity index (χ1) is 14.8. The highest BCUT2D eigenvalue weighted by Crippen LogP contribution is 2.32. The molecule has 0 bridgehead atoms. The summed E-state index contributed by atoms with van der Waals surface area (Å²) < 4.78 is 42.5. The molecule has 1 aromatic heterocycles. The summed E-state index contributed by atoms with van der Waals surface area (Å²) in [6.07, 6.45) is 6.55. The van der Waals surface area contributed by atoms with Crippen LogP contribution < -0.4 is 4.72 Å². The molecule has 3 rings (SSSR count). The number of H-pyrrole nitrogens is 1. The molecule has 0 saturated heterocycles. The number of aromatic amines is 1. The molecule has 5 nitrogen and oxygen atoms in total. The van der Waals surface area contributed by atoms with Gasteiger partial charge in [0.05, 0.1) is 11.8 Å². The maximum Gasteiger partial charge on any atom is 0.263 e. The van der Waals surface area contributed by atoms with Crippen LogP contribution in [0, 0.1) is 17.2 Å². The molecule has 2 atom stereocenters. The highest BCUT2D eigenvalue weighted by atomic mass is 32.2. The average Bonchev–Trinajstić information content (AvgIpc) is 3.18. The number of fused-ring (bicyclic) bond motifs is 1. The third kappa shape index (κ3) is 5.65. The van der Waals surface area contributed by atoms with E-state index in [9.17, 15) is 12.8 Å². The molecular weight excluding hydrogens is 413 g/mol. The van der Waals surface area contributed by atoms with E-state index in [2.05, 4.69) is 21.8 Å². The highest BCUT2D eigenvalue weighted by molar-refractivity contribution is 7.89. The van der Waals surface area contributed by atoms with Crippen LogP contribution in [0.15, 0.2) is 64.8 Å². The zero-order valence-electron chi connectivity index (χ0n) is 17.9. The second kappa shape index (κ2) is 9.97. The third-order valence-corrected chi connectivity index (χ3v) is 7.11. The van der Waals surface area contributed by atoms with Gasteiger partial charge < -0.3 is 4.98 Å². The molecule has 164 valence electrons. The molecule has 7 heteroatoms. The molecule has 0 spiro atoms. The number of alkyl halides is 1. The quantitative estimate of drug-likeness (QED) is 0.458. The fourth-order valence-electron chi connectivity index (χ4n) is 3.91. The van der Waals surface area contributed by atoms with Crippen LogP contribution in [-0.4, -0.2) is 19.6 Å². The zero-order valence-corrected chi connectivity index (χ0v) is 18.7. The minimum absolute atomic E-state index is 0.0890. The predicted molar refractivity (Wildman–Crippen MR) is 119 cm³/mol. The Labute approximate surface area is 183 Å². The van der Waals surface area contributed by atoms with Gasteiger partial charge in [-0.25, -0.2) is 12.8 Å². The molecule has 31 heavy (non-hydrogen) atoms. The summed E-state index contributed by atoms with van der Waals surface area (Å²) in [6.45, 7) is 3.07. The van der Waals surface area contributed by atoms with Gasteiger partial charge in [-0.3, -0.25) is 4.72 Å². The molecule has 0 saturated carbocycles. The maximum atomic E-state index is 14.1. The lowest BCUT2D eigenvalue weighted by Gasteiger charge is -2.23. The molecule has 1 aromatic carbocycles. The van der Waals surface area contributed by atoms with Crippen molar-refractivity contribution in [3.63, 3.8) is 0 Å². The predicted octanol–water partition coefficient (Wildman–Crippen LogP) is 4.74. The molecule has 0 amide bonds. The number of hydrogen-bond acceptors (Lipinski definition) is 3. The SMILES string of the molecule is CC/C(C#N)=C\C=C(\NS(=O)(=O)c1c[nH]c2c1CCC(Cc1ccccc1)C2)C(C)F. The van der Waals surface area contributed by atoms with Gasteiger partial charge in [0.15, 0.2) is 0 Å². The van der Waals surface area contributed by atoms with E-state index in [1.807, 2.05) is 31.2 Å². The van der Waals surface area contributed by atoms with Crippen molar-refractivity contribution in [1.82, 2.24) is 9.71 Å². The lowest BCUT2D eigenvalue weighted by Crippen LogP contribution is -2.28. The van der Waals surface area contributed by atoms with Crippen LogP contribution in [0.5, 0.6) is 0 Å². The van der Waals surface area contributed by atoms with Gasteiger partial charge in [-0.1, -0.05) is 37.3 Å². The van der Waals surface area contributed by atoms with E-state index >= 15 is 0 Å². The number of aromatic nitrogens is 1. The third-order valence-electron chi connectivity index (χ3n) is 5.66. The van der Waals surface area contributed by atoms with E-state index in [0.29, 0.717) is 24.3 Å². The summed E-state index contributed by atoms with van der Waals surface area (Å²) in [4.78, 5) is 3.31. The van der Waals surface area contributed by atoms with Crippen LogP contribution in [0.1, 0.15) is 43.5 Å². The molecular formula is C24H28FN3O2S. The number of benzene rings is 1. The first-order valence-corrected chi connectivity index (χ1v) is 12.0. The maximum absolute atomic E-state index is 14.1. The molecule has 0 aliphatic heterocycles. The summed E-state index contributed by atoms with van der Waals surface area (Å²) >= 11 is 0. The van der Waals surface area contributed by atoms with Crippen LogP contribution in [0.25, 0.3) is 0 Å².